The number of hydrogen-bond donors (Lipinski definition) is 2. The fourth-order valence-corrected chi connectivity index (χ4v) is 3.73. The standard InChI is InChI=1S/C12H16OS.C6H6S.CH4/c13-11-8-4-5-9-12(11)14-10-6-2-1-3-7-10;7-6-4-2-1-3-5-6;/h1-3,6-7,11-13H,4-5,8-9H2;1-5,7H;1H4/t11-,12-;;/m0../s1. The molecule has 3 rings (SSSR count). The fraction of sp³-hybridized carbons (Fsp3) is 0.368. The Kier molecular flexibility index (Phi) is 9.37. The lowest BCUT2D eigenvalue weighted by Crippen LogP contribution is -2.26. The zero-order valence-electron chi connectivity index (χ0n) is 12.1. The summed E-state index contributed by atoms with van der Waals surface area (Å²) in [6, 6.07) is 20.2. The molecule has 2 aromatic rings. The van der Waals surface area contributed by atoms with Gasteiger partial charge in [0.15, 0.2) is 0 Å². The summed E-state index contributed by atoms with van der Waals surface area (Å²) in [4.78, 5) is 2.29. The first-order valence-electron chi connectivity index (χ1n) is 7.39. The Hall–Kier alpha value is -0.900. The first kappa shape index (κ1) is 19.1. The van der Waals surface area contributed by atoms with E-state index in [1.54, 1.807) is 0 Å². The Morgan fingerprint density at radius 2 is 1.41 bits per heavy atom. The molecule has 0 amide bonds. The van der Waals surface area contributed by atoms with Crippen LogP contribution in [0.3, 0.4) is 0 Å². The molecule has 1 aliphatic carbocycles. The quantitative estimate of drug-likeness (QED) is 0.688. The van der Waals surface area contributed by atoms with Crippen molar-refractivity contribution in [3.8, 4) is 0 Å². The lowest BCUT2D eigenvalue weighted by atomic mass is 9.97. The molecule has 0 spiro atoms. The first-order chi connectivity index (χ1) is 10.3. The van der Waals surface area contributed by atoms with Crippen molar-refractivity contribution in [3.05, 3.63) is 60.7 Å². The van der Waals surface area contributed by atoms with Crippen LogP contribution >= 0.6 is 24.4 Å². The minimum Gasteiger partial charge on any atom is -0.392 e. The van der Waals surface area contributed by atoms with Gasteiger partial charge in [0.25, 0.3) is 0 Å². The smallest absolute Gasteiger partial charge is 0.0662 e. The van der Waals surface area contributed by atoms with Gasteiger partial charge in [0.05, 0.1) is 6.10 Å². The molecular weight excluding hydrogens is 308 g/mol. The van der Waals surface area contributed by atoms with E-state index in [1.807, 2.05) is 48.2 Å². The van der Waals surface area contributed by atoms with E-state index < -0.39 is 0 Å². The molecule has 2 aromatic carbocycles. The van der Waals surface area contributed by atoms with E-state index in [4.69, 9.17) is 0 Å². The highest BCUT2D eigenvalue weighted by Gasteiger charge is 2.23. The SMILES string of the molecule is C.O[C@H]1CCCC[C@@H]1Sc1ccccc1.Sc1ccccc1. The van der Waals surface area contributed by atoms with Crippen LogP contribution in [0, 0.1) is 0 Å². The number of rotatable bonds is 2. The minimum atomic E-state index is -0.103. The highest BCUT2D eigenvalue weighted by atomic mass is 32.2. The highest BCUT2D eigenvalue weighted by Crippen LogP contribution is 2.33. The lowest BCUT2D eigenvalue weighted by molar-refractivity contribution is 0.137. The summed E-state index contributed by atoms with van der Waals surface area (Å²) in [5, 5.41) is 10.2. The van der Waals surface area contributed by atoms with Crippen LogP contribution in [0.5, 0.6) is 0 Å². The number of thioether (sulfide) groups is 1. The van der Waals surface area contributed by atoms with Gasteiger partial charge in [-0.1, -0.05) is 56.7 Å². The van der Waals surface area contributed by atoms with Gasteiger partial charge in [0.2, 0.25) is 0 Å². The van der Waals surface area contributed by atoms with Gasteiger partial charge in [0, 0.05) is 15.0 Å². The Balaban J connectivity index is 0.000000258. The monoisotopic (exact) mass is 334 g/mol. The van der Waals surface area contributed by atoms with Crippen LogP contribution in [-0.4, -0.2) is 16.5 Å². The molecular formula is C19H26OS2. The van der Waals surface area contributed by atoms with Crippen LogP contribution in [0.15, 0.2) is 70.5 Å². The van der Waals surface area contributed by atoms with Gasteiger partial charge in [-0.15, -0.1) is 24.4 Å². The largest absolute Gasteiger partial charge is 0.392 e. The predicted molar refractivity (Wildman–Crippen MR) is 101 cm³/mol. The predicted octanol–water partition coefficient (Wildman–Crippen LogP) is 5.69. The minimum absolute atomic E-state index is 0. The molecule has 1 nitrogen and oxygen atoms in total. The van der Waals surface area contributed by atoms with E-state index in [-0.39, 0.29) is 13.5 Å². The van der Waals surface area contributed by atoms with Crippen molar-refractivity contribution < 1.29 is 5.11 Å². The van der Waals surface area contributed by atoms with Crippen molar-refractivity contribution in [3.63, 3.8) is 0 Å². The maximum atomic E-state index is 9.81. The lowest BCUT2D eigenvalue weighted by Gasteiger charge is -2.26. The molecule has 1 aliphatic rings. The molecule has 0 aliphatic heterocycles. The number of aliphatic hydroxyl groups is 1. The van der Waals surface area contributed by atoms with E-state index in [2.05, 4.69) is 36.9 Å². The Morgan fingerprint density at radius 1 is 0.864 bits per heavy atom. The van der Waals surface area contributed by atoms with Gasteiger partial charge in [0.1, 0.15) is 0 Å². The van der Waals surface area contributed by atoms with Crippen LogP contribution in [0.2, 0.25) is 0 Å². The van der Waals surface area contributed by atoms with Crippen LogP contribution in [0.4, 0.5) is 0 Å². The summed E-state index contributed by atoms with van der Waals surface area (Å²) >= 11 is 5.91. The molecule has 1 saturated carbocycles. The van der Waals surface area contributed by atoms with E-state index >= 15 is 0 Å². The number of aliphatic hydroxyl groups excluding tert-OH is 1. The third-order valence-corrected chi connectivity index (χ3v) is 5.15. The molecule has 0 unspecified atom stereocenters. The summed E-state index contributed by atoms with van der Waals surface area (Å²) < 4.78 is 0. The first-order valence-corrected chi connectivity index (χ1v) is 8.72. The summed E-state index contributed by atoms with van der Waals surface area (Å²) in [7, 11) is 0. The number of hydrogen-bond acceptors (Lipinski definition) is 3. The third-order valence-electron chi connectivity index (χ3n) is 3.45. The average Bonchev–Trinajstić information content (AvgIpc) is 2.52. The molecule has 22 heavy (non-hydrogen) atoms. The zero-order valence-corrected chi connectivity index (χ0v) is 13.8. The van der Waals surface area contributed by atoms with Crippen molar-refractivity contribution in [2.45, 2.75) is 54.3 Å². The highest BCUT2D eigenvalue weighted by molar-refractivity contribution is 8.00. The van der Waals surface area contributed by atoms with E-state index in [9.17, 15) is 5.11 Å². The van der Waals surface area contributed by atoms with E-state index in [0.717, 1.165) is 17.7 Å². The molecule has 1 fully saturated rings. The number of benzene rings is 2. The van der Waals surface area contributed by atoms with Crippen LogP contribution < -0.4 is 0 Å². The fourth-order valence-electron chi connectivity index (χ4n) is 2.32. The molecule has 0 heterocycles. The van der Waals surface area contributed by atoms with Gasteiger partial charge in [-0.3, -0.25) is 0 Å². The Bertz CT molecular complexity index is 501. The maximum absolute atomic E-state index is 9.81. The van der Waals surface area contributed by atoms with E-state index in [1.165, 1.54) is 17.7 Å². The summed E-state index contributed by atoms with van der Waals surface area (Å²) in [5.41, 5.74) is 0. The normalized spacial score (nSPS) is 20.3. The van der Waals surface area contributed by atoms with Gasteiger partial charge >= 0.3 is 0 Å². The zero-order chi connectivity index (χ0) is 14.9. The van der Waals surface area contributed by atoms with Gasteiger partial charge in [-0.2, -0.15) is 0 Å². The Labute approximate surface area is 144 Å². The molecule has 3 heteroatoms. The maximum Gasteiger partial charge on any atom is 0.0662 e. The number of thiol groups is 1. The molecule has 0 radical (unpaired) electrons. The third kappa shape index (κ3) is 6.91. The molecule has 120 valence electrons. The second-order valence-electron chi connectivity index (χ2n) is 5.16. The van der Waals surface area contributed by atoms with Gasteiger partial charge in [-0.25, -0.2) is 0 Å². The molecule has 0 bridgehead atoms. The molecule has 2 atom stereocenters. The second kappa shape index (κ2) is 10.8. The van der Waals surface area contributed by atoms with Crippen LogP contribution in [0.1, 0.15) is 33.1 Å². The van der Waals surface area contributed by atoms with Crippen molar-refractivity contribution in [1.29, 1.82) is 0 Å². The van der Waals surface area contributed by atoms with Crippen molar-refractivity contribution in [1.82, 2.24) is 0 Å². The van der Waals surface area contributed by atoms with Crippen molar-refractivity contribution in [2.24, 2.45) is 0 Å². The topological polar surface area (TPSA) is 20.2 Å². The average molecular weight is 335 g/mol. The molecule has 0 saturated heterocycles. The molecule has 1 N–H and O–H groups in total. The molecule has 0 aromatic heterocycles. The van der Waals surface area contributed by atoms with Gasteiger partial charge in [-0.05, 0) is 37.1 Å². The van der Waals surface area contributed by atoms with Crippen LogP contribution in [0.25, 0.3) is 0 Å². The Morgan fingerprint density at radius 3 is 1.91 bits per heavy atom. The van der Waals surface area contributed by atoms with Crippen molar-refractivity contribution in [2.75, 3.05) is 0 Å². The summed E-state index contributed by atoms with van der Waals surface area (Å²) in [6.45, 7) is 0. The van der Waals surface area contributed by atoms with Crippen molar-refractivity contribution >= 4 is 24.4 Å². The summed E-state index contributed by atoms with van der Waals surface area (Å²) in [5.74, 6) is 0. The van der Waals surface area contributed by atoms with Gasteiger partial charge < -0.3 is 5.11 Å². The van der Waals surface area contributed by atoms with Crippen LogP contribution in [-0.2, 0) is 0 Å². The second-order valence-corrected chi connectivity index (χ2v) is 6.99. The van der Waals surface area contributed by atoms with E-state index in [0.29, 0.717) is 5.25 Å². The summed E-state index contributed by atoms with van der Waals surface area (Å²) in [6.07, 6.45) is 4.48.